The molecule has 21 heavy (non-hydrogen) atoms. The monoisotopic (exact) mass is 520 g/mol. The zero-order chi connectivity index (χ0) is 15.8. The first kappa shape index (κ1) is 22.5. The summed E-state index contributed by atoms with van der Waals surface area (Å²) in [6.07, 6.45) is 22.9. The van der Waals surface area contributed by atoms with Gasteiger partial charge in [-0.05, 0) is 12.8 Å². The smallest absolute Gasteiger partial charge is 0.0672 e. The standard InChI is InChI=1S/C19H38I2/c1-3-5-7-9-11-13-15-17-19(20,21)18-16-14-12-10-8-6-4-2/h3-18H2,1-2H3. The highest BCUT2D eigenvalue weighted by Crippen LogP contribution is 2.38. The van der Waals surface area contributed by atoms with Gasteiger partial charge in [-0.25, -0.2) is 0 Å². The predicted octanol–water partition coefficient (Wildman–Crippen LogP) is 8.83. The summed E-state index contributed by atoms with van der Waals surface area (Å²) in [5.41, 5.74) is 0. The Labute approximate surface area is 162 Å². The molecular formula is C19H38I2. The first-order chi connectivity index (χ1) is 10.1. The molecule has 0 spiro atoms. The molecule has 0 atom stereocenters. The molecule has 0 aliphatic carbocycles. The van der Waals surface area contributed by atoms with Gasteiger partial charge in [0.1, 0.15) is 0 Å². The molecule has 0 amide bonds. The van der Waals surface area contributed by atoms with Gasteiger partial charge in [0, 0.05) is 0 Å². The summed E-state index contributed by atoms with van der Waals surface area (Å²) in [7, 11) is 0. The highest BCUT2D eigenvalue weighted by atomic mass is 127. The maximum absolute atomic E-state index is 2.71. The zero-order valence-corrected chi connectivity index (χ0v) is 18.9. The van der Waals surface area contributed by atoms with E-state index >= 15 is 0 Å². The summed E-state index contributed by atoms with van der Waals surface area (Å²) in [5.74, 6) is 0. The van der Waals surface area contributed by atoms with Crippen LogP contribution in [0.4, 0.5) is 0 Å². The summed E-state index contributed by atoms with van der Waals surface area (Å²) >= 11 is 5.42. The van der Waals surface area contributed by atoms with Crippen molar-refractivity contribution in [3.8, 4) is 0 Å². The largest absolute Gasteiger partial charge is 0.0734 e. The summed E-state index contributed by atoms with van der Waals surface area (Å²) in [5, 5.41) is 0. The number of hydrogen-bond donors (Lipinski definition) is 0. The van der Waals surface area contributed by atoms with Crippen LogP contribution in [-0.4, -0.2) is 1.43 Å². The highest BCUT2D eigenvalue weighted by Gasteiger charge is 2.20. The van der Waals surface area contributed by atoms with Crippen molar-refractivity contribution in [2.45, 2.75) is 118 Å². The van der Waals surface area contributed by atoms with Crippen molar-refractivity contribution < 1.29 is 0 Å². The Morgan fingerprint density at radius 1 is 0.476 bits per heavy atom. The molecule has 0 aliphatic rings. The molecule has 128 valence electrons. The van der Waals surface area contributed by atoms with Gasteiger partial charge in [-0.3, -0.25) is 0 Å². The van der Waals surface area contributed by atoms with Crippen LogP contribution < -0.4 is 0 Å². The lowest BCUT2D eigenvalue weighted by Gasteiger charge is -2.20. The molecule has 0 aromatic carbocycles. The normalized spacial score (nSPS) is 12.0. The van der Waals surface area contributed by atoms with E-state index < -0.39 is 0 Å². The SMILES string of the molecule is CCCCCCCCCC(I)(I)CCCCCCCCC. The number of unbranched alkanes of at least 4 members (excludes halogenated alkanes) is 12. The fourth-order valence-corrected chi connectivity index (χ4v) is 4.33. The van der Waals surface area contributed by atoms with Crippen LogP contribution in [0.3, 0.4) is 0 Å². The van der Waals surface area contributed by atoms with Crippen molar-refractivity contribution in [3.05, 3.63) is 0 Å². The summed E-state index contributed by atoms with van der Waals surface area (Å²) in [6.45, 7) is 4.59. The Morgan fingerprint density at radius 3 is 1.10 bits per heavy atom. The van der Waals surface area contributed by atoms with Crippen molar-refractivity contribution in [2.24, 2.45) is 0 Å². The average Bonchev–Trinajstić information content (AvgIpc) is 2.45. The van der Waals surface area contributed by atoms with Crippen molar-refractivity contribution in [1.82, 2.24) is 0 Å². The van der Waals surface area contributed by atoms with Crippen LogP contribution in [0.2, 0.25) is 0 Å². The van der Waals surface area contributed by atoms with Crippen molar-refractivity contribution in [2.75, 3.05) is 0 Å². The molecule has 0 aliphatic heterocycles. The molecule has 0 heterocycles. The fraction of sp³-hybridized carbons (Fsp3) is 1.00. The van der Waals surface area contributed by atoms with E-state index in [1.807, 2.05) is 0 Å². The third-order valence-corrected chi connectivity index (χ3v) is 6.45. The molecule has 0 aromatic heterocycles. The van der Waals surface area contributed by atoms with E-state index in [1.54, 1.807) is 0 Å². The van der Waals surface area contributed by atoms with Crippen molar-refractivity contribution >= 4 is 45.2 Å². The lowest BCUT2D eigenvalue weighted by Crippen LogP contribution is -2.10. The van der Waals surface area contributed by atoms with Crippen LogP contribution in [0.1, 0.15) is 117 Å². The van der Waals surface area contributed by atoms with Gasteiger partial charge in [-0.2, -0.15) is 0 Å². The second kappa shape index (κ2) is 16.3. The van der Waals surface area contributed by atoms with Gasteiger partial charge in [0.25, 0.3) is 0 Å². The van der Waals surface area contributed by atoms with Gasteiger partial charge >= 0.3 is 0 Å². The zero-order valence-electron chi connectivity index (χ0n) is 14.6. The maximum atomic E-state index is 2.71. The highest BCUT2D eigenvalue weighted by molar-refractivity contribution is 14.2. The number of rotatable bonds is 16. The molecule has 0 saturated heterocycles. The van der Waals surface area contributed by atoms with Crippen LogP contribution in [0, 0.1) is 0 Å². The molecular weight excluding hydrogens is 482 g/mol. The van der Waals surface area contributed by atoms with Crippen molar-refractivity contribution in [3.63, 3.8) is 0 Å². The Morgan fingerprint density at radius 2 is 0.762 bits per heavy atom. The number of alkyl halides is 2. The van der Waals surface area contributed by atoms with Crippen LogP contribution in [0.5, 0.6) is 0 Å². The van der Waals surface area contributed by atoms with E-state index in [2.05, 4.69) is 59.0 Å². The lowest BCUT2D eigenvalue weighted by molar-refractivity contribution is 0.536. The summed E-state index contributed by atoms with van der Waals surface area (Å²) < 4.78 is 0.530. The molecule has 0 rings (SSSR count). The Balaban J connectivity index is 3.35. The second-order valence-electron chi connectivity index (χ2n) is 6.60. The molecule has 2 heteroatoms. The lowest BCUT2D eigenvalue weighted by atomic mass is 10.0. The van der Waals surface area contributed by atoms with Gasteiger partial charge in [-0.1, -0.05) is 149 Å². The minimum absolute atomic E-state index is 0.530. The Kier molecular flexibility index (Phi) is 17.5. The van der Waals surface area contributed by atoms with Crippen LogP contribution in [0.25, 0.3) is 0 Å². The van der Waals surface area contributed by atoms with E-state index in [1.165, 1.54) is 103 Å². The fourth-order valence-electron chi connectivity index (χ4n) is 2.81. The van der Waals surface area contributed by atoms with E-state index in [0.717, 1.165) is 0 Å². The number of hydrogen-bond acceptors (Lipinski definition) is 0. The van der Waals surface area contributed by atoms with Crippen LogP contribution >= 0.6 is 45.2 Å². The first-order valence-corrected chi connectivity index (χ1v) is 11.7. The topological polar surface area (TPSA) is 0 Å². The molecule has 0 saturated carbocycles. The van der Waals surface area contributed by atoms with E-state index in [-0.39, 0.29) is 0 Å². The second-order valence-corrected chi connectivity index (χ2v) is 12.8. The molecule has 0 bridgehead atoms. The molecule has 0 fully saturated rings. The van der Waals surface area contributed by atoms with E-state index in [0.29, 0.717) is 1.43 Å². The minimum atomic E-state index is 0.530. The van der Waals surface area contributed by atoms with E-state index in [9.17, 15) is 0 Å². The van der Waals surface area contributed by atoms with Gasteiger partial charge < -0.3 is 0 Å². The number of halogens is 2. The Hall–Kier alpha value is 1.46. The quantitative estimate of drug-likeness (QED) is 0.108. The molecule has 0 unspecified atom stereocenters. The molecule has 0 radical (unpaired) electrons. The minimum Gasteiger partial charge on any atom is -0.0672 e. The molecule has 0 nitrogen and oxygen atoms in total. The van der Waals surface area contributed by atoms with Crippen molar-refractivity contribution in [1.29, 1.82) is 0 Å². The van der Waals surface area contributed by atoms with Crippen LogP contribution in [0.15, 0.2) is 0 Å². The first-order valence-electron chi connectivity index (χ1n) is 9.50. The van der Waals surface area contributed by atoms with E-state index in [4.69, 9.17) is 0 Å². The summed E-state index contributed by atoms with van der Waals surface area (Å²) in [6, 6.07) is 0. The molecule has 0 N–H and O–H groups in total. The maximum Gasteiger partial charge on any atom is 0.0734 e. The predicted molar refractivity (Wildman–Crippen MR) is 116 cm³/mol. The van der Waals surface area contributed by atoms with Gasteiger partial charge in [0.15, 0.2) is 0 Å². The van der Waals surface area contributed by atoms with Crippen LogP contribution in [-0.2, 0) is 0 Å². The van der Waals surface area contributed by atoms with Gasteiger partial charge in [0.05, 0.1) is 1.43 Å². The third-order valence-electron chi connectivity index (χ3n) is 4.29. The average molecular weight is 520 g/mol. The van der Waals surface area contributed by atoms with Gasteiger partial charge in [0.2, 0.25) is 0 Å². The third kappa shape index (κ3) is 17.6. The Bertz CT molecular complexity index is 182. The summed E-state index contributed by atoms with van der Waals surface area (Å²) in [4.78, 5) is 0. The molecule has 0 aromatic rings. The van der Waals surface area contributed by atoms with Gasteiger partial charge in [-0.15, -0.1) is 0 Å².